The van der Waals surface area contributed by atoms with E-state index in [2.05, 4.69) is 36.5 Å². The molecule has 0 N–H and O–H groups in total. The summed E-state index contributed by atoms with van der Waals surface area (Å²) in [4.78, 5) is 0. The predicted molar refractivity (Wildman–Crippen MR) is 62.7 cm³/mol. The zero-order valence-electron chi connectivity index (χ0n) is 8.11. The fraction of sp³-hybridized carbons (Fsp3) is 0.500. The molecule has 0 aromatic heterocycles. The molecule has 0 atom stereocenters. The fourth-order valence-electron chi connectivity index (χ4n) is 1.36. The van der Waals surface area contributed by atoms with Crippen molar-refractivity contribution in [2.75, 3.05) is 0 Å². The van der Waals surface area contributed by atoms with Gasteiger partial charge in [-0.2, -0.15) is 0 Å². The molecule has 0 saturated carbocycles. The highest BCUT2D eigenvalue weighted by molar-refractivity contribution is 7.59. The summed E-state index contributed by atoms with van der Waals surface area (Å²) in [6.45, 7) is 0. The lowest BCUT2D eigenvalue weighted by Crippen LogP contribution is -1.77. The Hall–Kier alpha value is -0.430. The Bertz CT molecular complexity index is 158. The first-order chi connectivity index (χ1) is 6.00. The summed E-state index contributed by atoms with van der Waals surface area (Å²) in [6.07, 6.45) is 21.0. The van der Waals surface area contributed by atoms with Gasteiger partial charge in [-0.25, -0.2) is 0 Å². The Balaban J connectivity index is 0.00000144. The normalized spacial score (nSPS) is 18.5. The fourth-order valence-corrected chi connectivity index (χ4v) is 1.36. The molecule has 1 rings (SSSR count). The number of hydrogen-bond donors (Lipinski definition) is 0. The molecule has 72 valence electrons. The summed E-state index contributed by atoms with van der Waals surface area (Å²) < 4.78 is 0. The van der Waals surface area contributed by atoms with Crippen LogP contribution in [0.1, 0.15) is 38.5 Å². The predicted octanol–water partition coefficient (Wildman–Crippen LogP) is 4.66. The van der Waals surface area contributed by atoms with E-state index in [4.69, 9.17) is 0 Å². The van der Waals surface area contributed by atoms with Gasteiger partial charge in [0.15, 0.2) is 0 Å². The standard InChI is InChI=1S/C12H18.S/c1-2-4-6-8-10-12-11-9-7-5-3-1;/h1-6H,7-12H2;. The highest BCUT2D eigenvalue weighted by Crippen LogP contribution is 2.07. The summed E-state index contributed by atoms with van der Waals surface area (Å²) in [5.41, 5.74) is 0. The maximum atomic E-state index is 2.26. The van der Waals surface area contributed by atoms with Crippen LogP contribution in [0, 0.1) is 0 Å². The van der Waals surface area contributed by atoms with Gasteiger partial charge in [-0.3, -0.25) is 0 Å². The molecule has 0 aromatic rings. The molecule has 0 aliphatic heterocycles. The molecule has 1 aliphatic carbocycles. The minimum absolute atomic E-state index is 0. The third kappa shape index (κ3) is 7.92. The van der Waals surface area contributed by atoms with Crippen molar-refractivity contribution in [2.24, 2.45) is 0 Å². The van der Waals surface area contributed by atoms with Crippen molar-refractivity contribution in [3.8, 4) is 0 Å². The van der Waals surface area contributed by atoms with Gasteiger partial charge in [-0.1, -0.05) is 49.3 Å². The minimum atomic E-state index is 0. The second-order valence-electron chi connectivity index (χ2n) is 3.23. The van der Waals surface area contributed by atoms with Crippen LogP contribution in [-0.2, 0) is 0 Å². The lowest BCUT2D eigenvalue weighted by atomic mass is 10.1. The van der Waals surface area contributed by atoms with Gasteiger partial charge in [-0.05, 0) is 25.7 Å². The molecular formula is C12H18S. The van der Waals surface area contributed by atoms with E-state index in [-0.39, 0.29) is 13.5 Å². The van der Waals surface area contributed by atoms with Crippen LogP contribution in [0.25, 0.3) is 0 Å². The van der Waals surface area contributed by atoms with Gasteiger partial charge >= 0.3 is 0 Å². The van der Waals surface area contributed by atoms with E-state index in [0.717, 1.165) is 0 Å². The Morgan fingerprint density at radius 2 is 1.00 bits per heavy atom. The van der Waals surface area contributed by atoms with Crippen molar-refractivity contribution in [1.29, 1.82) is 0 Å². The molecule has 0 unspecified atom stereocenters. The highest BCUT2D eigenvalue weighted by atomic mass is 32.1. The van der Waals surface area contributed by atoms with Crippen LogP contribution >= 0.6 is 13.5 Å². The second-order valence-corrected chi connectivity index (χ2v) is 3.23. The van der Waals surface area contributed by atoms with E-state index in [1.54, 1.807) is 0 Å². The van der Waals surface area contributed by atoms with Crippen molar-refractivity contribution in [2.45, 2.75) is 38.5 Å². The molecule has 0 saturated heterocycles. The van der Waals surface area contributed by atoms with Crippen LogP contribution in [0.4, 0.5) is 0 Å². The third-order valence-corrected chi connectivity index (χ3v) is 2.10. The molecule has 1 aliphatic rings. The first-order valence-corrected chi connectivity index (χ1v) is 4.98. The molecule has 0 fully saturated rings. The molecule has 0 heterocycles. The molecule has 13 heavy (non-hydrogen) atoms. The van der Waals surface area contributed by atoms with Gasteiger partial charge in [0.25, 0.3) is 0 Å². The van der Waals surface area contributed by atoms with Gasteiger partial charge in [0.1, 0.15) is 0 Å². The maximum absolute atomic E-state index is 2.26. The Kier molecular flexibility index (Phi) is 9.34. The monoisotopic (exact) mass is 194 g/mol. The topological polar surface area (TPSA) is 0 Å². The van der Waals surface area contributed by atoms with Gasteiger partial charge in [0.05, 0.1) is 0 Å². The van der Waals surface area contributed by atoms with Crippen LogP contribution in [0.5, 0.6) is 0 Å². The molecule has 0 aromatic carbocycles. The van der Waals surface area contributed by atoms with Crippen molar-refractivity contribution in [3.05, 3.63) is 36.5 Å². The molecule has 0 spiro atoms. The van der Waals surface area contributed by atoms with E-state index < -0.39 is 0 Å². The third-order valence-electron chi connectivity index (χ3n) is 2.10. The summed E-state index contributed by atoms with van der Waals surface area (Å²) in [6, 6.07) is 0. The Labute approximate surface area is 88.9 Å². The summed E-state index contributed by atoms with van der Waals surface area (Å²) in [5.74, 6) is 0. The number of rotatable bonds is 0. The SMILES string of the molecule is C1=CC=CCCCCCCC=C1.[S]. The second kappa shape index (κ2) is 9.66. The van der Waals surface area contributed by atoms with E-state index in [1.165, 1.54) is 38.5 Å². The molecule has 1 heteroatoms. The van der Waals surface area contributed by atoms with Gasteiger partial charge in [0, 0.05) is 13.5 Å². The highest BCUT2D eigenvalue weighted by Gasteiger charge is 1.87. The zero-order valence-corrected chi connectivity index (χ0v) is 8.93. The van der Waals surface area contributed by atoms with Crippen molar-refractivity contribution < 1.29 is 0 Å². The van der Waals surface area contributed by atoms with Crippen molar-refractivity contribution in [1.82, 2.24) is 0 Å². The van der Waals surface area contributed by atoms with Gasteiger partial charge in [-0.15, -0.1) is 0 Å². The summed E-state index contributed by atoms with van der Waals surface area (Å²) >= 11 is 0. The van der Waals surface area contributed by atoms with E-state index in [1.807, 2.05) is 0 Å². The lowest BCUT2D eigenvalue weighted by molar-refractivity contribution is 0.652. The largest absolute Gasteiger partial charge is 0.0845 e. The van der Waals surface area contributed by atoms with Crippen LogP contribution < -0.4 is 0 Å². The van der Waals surface area contributed by atoms with Crippen LogP contribution in [0.15, 0.2) is 36.5 Å². The van der Waals surface area contributed by atoms with Crippen LogP contribution in [-0.4, -0.2) is 0 Å². The Morgan fingerprint density at radius 3 is 1.46 bits per heavy atom. The van der Waals surface area contributed by atoms with Crippen molar-refractivity contribution in [3.63, 3.8) is 0 Å². The summed E-state index contributed by atoms with van der Waals surface area (Å²) in [7, 11) is 0. The molecule has 0 bridgehead atoms. The van der Waals surface area contributed by atoms with E-state index in [9.17, 15) is 0 Å². The van der Waals surface area contributed by atoms with Gasteiger partial charge in [0.2, 0.25) is 0 Å². The molecular weight excluding hydrogens is 176 g/mol. The minimum Gasteiger partial charge on any atom is -0.0845 e. The smallest absolute Gasteiger partial charge is 0 e. The van der Waals surface area contributed by atoms with Gasteiger partial charge < -0.3 is 0 Å². The maximum Gasteiger partial charge on any atom is 0 e. The Morgan fingerprint density at radius 1 is 0.538 bits per heavy atom. The van der Waals surface area contributed by atoms with Crippen molar-refractivity contribution >= 4 is 13.5 Å². The molecule has 2 radical (unpaired) electrons. The number of allylic oxidation sites excluding steroid dienone is 6. The average molecular weight is 194 g/mol. The number of hydrogen-bond acceptors (Lipinski definition) is 0. The molecule has 0 nitrogen and oxygen atoms in total. The van der Waals surface area contributed by atoms with E-state index >= 15 is 0 Å². The van der Waals surface area contributed by atoms with E-state index in [0.29, 0.717) is 0 Å². The van der Waals surface area contributed by atoms with Crippen LogP contribution in [0.3, 0.4) is 0 Å². The average Bonchev–Trinajstić information content (AvgIpc) is 2.05. The van der Waals surface area contributed by atoms with Crippen LogP contribution in [0.2, 0.25) is 0 Å². The first kappa shape index (κ1) is 12.6. The first-order valence-electron chi connectivity index (χ1n) is 4.98. The summed E-state index contributed by atoms with van der Waals surface area (Å²) in [5, 5.41) is 0. The molecule has 0 amide bonds. The zero-order chi connectivity index (χ0) is 8.49. The lowest BCUT2D eigenvalue weighted by Gasteiger charge is -1.96. The quantitative estimate of drug-likeness (QED) is 0.526.